The number of rotatable bonds is 5. The lowest BCUT2D eigenvalue weighted by Crippen LogP contribution is -2.32. The summed E-state index contributed by atoms with van der Waals surface area (Å²) in [5, 5.41) is 10.2. The van der Waals surface area contributed by atoms with Gasteiger partial charge in [-0.15, -0.1) is 0 Å². The fourth-order valence-corrected chi connectivity index (χ4v) is 2.44. The second-order valence-electron chi connectivity index (χ2n) is 6.43. The molecule has 1 rings (SSSR count). The molecule has 0 heterocycles. The molecule has 3 atom stereocenters. The van der Waals surface area contributed by atoms with Crippen molar-refractivity contribution >= 4 is 5.97 Å². The molecule has 0 amide bonds. The number of carbonyl (C=O) groups is 1. The van der Waals surface area contributed by atoms with Gasteiger partial charge in [0.2, 0.25) is 0 Å². The van der Waals surface area contributed by atoms with Gasteiger partial charge in [-0.1, -0.05) is 13.8 Å². The Morgan fingerprint density at radius 3 is 2.56 bits per heavy atom. The second kappa shape index (κ2) is 5.60. The summed E-state index contributed by atoms with van der Waals surface area (Å²) in [5.41, 5.74) is -0.945. The second-order valence-corrected chi connectivity index (χ2v) is 6.43. The van der Waals surface area contributed by atoms with Crippen LogP contribution < -0.4 is 0 Å². The molecule has 1 N–H and O–H groups in total. The van der Waals surface area contributed by atoms with Crippen molar-refractivity contribution in [2.45, 2.75) is 78.4 Å². The Labute approximate surface area is 111 Å². The Bertz CT molecular complexity index is 298. The van der Waals surface area contributed by atoms with Gasteiger partial charge in [-0.2, -0.15) is 0 Å². The van der Waals surface area contributed by atoms with Crippen LogP contribution in [0.3, 0.4) is 0 Å². The molecule has 0 saturated heterocycles. The molecule has 0 spiro atoms. The maximum atomic E-state index is 12.0. The molecule has 106 valence electrons. The molecule has 1 saturated carbocycles. The molecule has 0 aliphatic heterocycles. The quantitative estimate of drug-likeness (QED) is 0.768. The van der Waals surface area contributed by atoms with Crippen molar-refractivity contribution in [1.29, 1.82) is 0 Å². The average molecular weight is 256 g/mol. The van der Waals surface area contributed by atoms with Crippen LogP contribution in [0.4, 0.5) is 0 Å². The van der Waals surface area contributed by atoms with Crippen molar-refractivity contribution in [2.24, 2.45) is 11.3 Å². The summed E-state index contributed by atoms with van der Waals surface area (Å²) in [5.74, 6) is 0.177. The van der Waals surface area contributed by atoms with Gasteiger partial charge in [-0.25, -0.2) is 0 Å². The lowest BCUT2D eigenvalue weighted by atomic mass is 9.90. The van der Waals surface area contributed by atoms with E-state index < -0.39 is 11.0 Å². The number of aliphatic hydroxyl groups is 1. The summed E-state index contributed by atoms with van der Waals surface area (Å²) < 4.78 is 5.58. The first kappa shape index (κ1) is 15.5. The zero-order valence-electron chi connectivity index (χ0n) is 12.5. The Kier molecular flexibility index (Phi) is 4.82. The number of hydrogen-bond acceptors (Lipinski definition) is 3. The van der Waals surface area contributed by atoms with E-state index in [0.717, 1.165) is 32.1 Å². The number of carbonyl (C=O) groups excluding carboxylic acids is 1. The van der Waals surface area contributed by atoms with Crippen molar-refractivity contribution in [1.82, 2.24) is 0 Å². The van der Waals surface area contributed by atoms with Crippen molar-refractivity contribution in [3.63, 3.8) is 0 Å². The highest BCUT2D eigenvalue weighted by molar-refractivity contribution is 5.75. The SMILES string of the molecule is CCC1(O)CCC(C(C)OC(=O)C(C)(C)CC)C1. The van der Waals surface area contributed by atoms with E-state index in [9.17, 15) is 9.90 Å². The van der Waals surface area contributed by atoms with Gasteiger partial charge in [0.1, 0.15) is 6.10 Å². The molecule has 18 heavy (non-hydrogen) atoms. The molecule has 3 unspecified atom stereocenters. The van der Waals surface area contributed by atoms with E-state index >= 15 is 0 Å². The predicted octanol–water partition coefficient (Wildman–Crippen LogP) is 3.30. The van der Waals surface area contributed by atoms with Gasteiger partial charge in [0.15, 0.2) is 0 Å². The molecule has 0 aromatic rings. The topological polar surface area (TPSA) is 46.5 Å². The van der Waals surface area contributed by atoms with Crippen LogP contribution in [0.5, 0.6) is 0 Å². The van der Waals surface area contributed by atoms with Gasteiger partial charge in [0.25, 0.3) is 0 Å². The van der Waals surface area contributed by atoms with E-state index in [1.54, 1.807) is 0 Å². The highest BCUT2D eigenvalue weighted by Gasteiger charge is 2.40. The molecule has 3 nitrogen and oxygen atoms in total. The fourth-order valence-electron chi connectivity index (χ4n) is 2.44. The van der Waals surface area contributed by atoms with Crippen LogP contribution in [-0.4, -0.2) is 22.8 Å². The Morgan fingerprint density at radius 1 is 1.50 bits per heavy atom. The predicted molar refractivity (Wildman–Crippen MR) is 72.2 cm³/mol. The average Bonchev–Trinajstić information content (AvgIpc) is 2.72. The minimum Gasteiger partial charge on any atom is -0.462 e. The van der Waals surface area contributed by atoms with Crippen LogP contribution >= 0.6 is 0 Å². The minimum atomic E-state index is -0.536. The summed E-state index contributed by atoms with van der Waals surface area (Å²) in [6.07, 6.45) is 4.00. The third-order valence-electron chi connectivity index (χ3n) is 4.67. The molecule has 3 heteroatoms. The third-order valence-corrected chi connectivity index (χ3v) is 4.67. The highest BCUT2D eigenvalue weighted by atomic mass is 16.5. The van der Waals surface area contributed by atoms with Crippen molar-refractivity contribution in [2.75, 3.05) is 0 Å². The number of ether oxygens (including phenoxy) is 1. The van der Waals surface area contributed by atoms with Gasteiger partial charge in [0, 0.05) is 0 Å². The zero-order valence-corrected chi connectivity index (χ0v) is 12.5. The molecular formula is C15H28O3. The van der Waals surface area contributed by atoms with E-state index in [1.807, 2.05) is 34.6 Å². The monoisotopic (exact) mass is 256 g/mol. The summed E-state index contributed by atoms with van der Waals surface area (Å²) in [6, 6.07) is 0. The van der Waals surface area contributed by atoms with Crippen molar-refractivity contribution in [3.05, 3.63) is 0 Å². The molecular weight excluding hydrogens is 228 g/mol. The molecule has 0 bridgehead atoms. The van der Waals surface area contributed by atoms with E-state index in [4.69, 9.17) is 4.74 Å². The Morgan fingerprint density at radius 2 is 2.11 bits per heavy atom. The maximum Gasteiger partial charge on any atom is 0.311 e. The lowest BCUT2D eigenvalue weighted by molar-refractivity contribution is -0.161. The molecule has 1 fully saturated rings. The van der Waals surface area contributed by atoms with Crippen LogP contribution in [0.25, 0.3) is 0 Å². The maximum absolute atomic E-state index is 12.0. The van der Waals surface area contributed by atoms with Crippen LogP contribution in [0.2, 0.25) is 0 Å². The first-order chi connectivity index (χ1) is 8.24. The smallest absolute Gasteiger partial charge is 0.311 e. The normalized spacial score (nSPS) is 30.2. The van der Waals surface area contributed by atoms with Gasteiger partial charge in [0.05, 0.1) is 11.0 Å². The fraction of sp³-hybridized carbons (Fsp3) is 0.933. The first-order valence-electron chi connectivity index (χ1n) is 7.17. The summed E-state index contributed by atoms with van der Waals surface area (Å²) in [4.78, 5) is 12.0. The van der Waals surface area contributed by atoms with E-state index in [1.165, 1.54) is 0 Å². The standard InChI is InChI=1S/C15H28O3/c1-6-14(4,5)13(16)18-11(3)12-8-9-15(17,7-2)10-12/h11-12,17H,6-10H2,1-5H3. The van der Waals surface area contributed by atoms with Crippen molar-refractivity contribution in [3.8, 4) is 0 Å². The summed E-state index contributed by atoms with van der Waals surface area (Å²) in [7, 11) is 0. The van der Waals surface area contributed by atoms with E-state index in [-0.39, 0.29) is 12.1 Å². The first-order valence-corrected chi connectivity index (χ1v) is 7.17. The summed E-state index contributed by atoms with van der Waals surface area (Å²) in [6.45, 7) is 9.80. The van der Waals surface area contributed by atoms with Crippen LogP contribution in [0, 0.1) is 11.3 Å². The van der Waals surface area contributed by atoms with Gasteiger partial charge >= 0.3 is 5.97 Å². The third kappa shape index (κ3) is 3.47. The Balaban J connectivity index is 2.53. The minimum absolute atomic E-state index is 0.0936. The largest absolute Gasteiger partial charge is 0.462 e. The molecule has 1 aliphatic carbocycles. The molecule has 0 radical (unpaired) electrons. The van der Waals surface area contributed by atoms with E-state index in [0.29, 0.717) is 5.92 Å². The van der Waals surface area contributed by atoms with Crippen LogP contribution in [0.1, 0.15) is 66.7 Å². The molecule has 0 aromatic carbocycles. The van der Waals surface area contributed by atoms with E-state index in [2.05, 4.69) is 0 Å². The lowest BCUT2D eigenvalue weighted by Gasteiger charge is -2.27. The summed E-state index contributed by atoms with van der Waals surface area (Å²) >= 11 is 0. The van der Waals surface area contributed by atoms with Crippen LogP contribution in [-0.2, 0) is 9.53 Å². The van der Waals surface area contributed by atoms with Crippen LogP contribution in [0.15, 0.2) is 0 Å². The highest BCUT2D eigenvalue weighted by Crippen LogP contribution is 2.39. The van der Waals surface area contributed by atoms with Crippen molar-refractivity contribution < 1.29 is 14.6 Å². The number of hydrogen-bond donors (Lipinski definition) is 1. The molecule has 1 aliphatic rings. The number of esters is 1. The van der Waals surface area contributed by atoms with Gasteiger partial charge in [-0.3, -0.25) is 4.79 Å². The molecule has 0 aromatic heterocycles. The Hall–Kier alpha value is -0.570. The zero-order chi connectivity index (χ0) is 14.0. The van der Waals surface area contributed by atoms with Gasteiger partial charge < -0.3 is 9.84 Å². The van der Waals surface area contributed by atoms with Gasteiger partial charge in [-0.05, 0) is 58.8 Å².